The maximum atomic E-state index is 4.60. The van der Waals surface area contributed by atoms with Crippen molar-refractivity contribution in [2.45, 2.75) is 52.4 Å². The van der Waals surface area contributed by atoms with Gasteiger partial charge in [0.05, 0.1) is 0 Å². The SMILES string of the molecule is CN=C(NCC1CCCN(CC(C)C)C1)N1CC2CCCCC2C1. The number of fused-ring (bicyclic) bond motifs is 1. The van der Waals surface area contributed by atoms with Gasteiger partial charge in [-0.25, -0.2) is 0 Å². The predicted molar refractivity (Wildman–Crippen MR) is 102 cm³/mol. The number of hydrogen-bond donors (Lipinski definition) is 1. The summed E-state index contributed by atoms with van der Waals surface area (Å²) >= 11 is 0. The molecule has 138 valence electrons. The van der Waals surface area contributed by atoms with Gasteiger partial charge in [-0.1, -0.05) is 26.7 Å². The number of hydrogen-bond acceptors (Lipinski definition) is 2. The summed E-state index contributed by atoms with van der Waals surface area (Å²) in [4.78, 5) is 9.80. The molecule has 3 rings (SSSR count). The molecule has 3 atom stereocenters. The average Bonchev–Trinajstić information content (AvgIpc) is 2.99. The molecule has 0 aromatic heterocycles. The Bertz CT molecular complexity index is 406. The summed E-state index contributed by atoms with van der Waals surface area (Å²) in [6.07, 6.45) is 8.47. The first kappa shape index (κ1) is 18.0. The topological polar surface area (TPSA) is 30.9 Å². The van der Waals surface area contributed by atoms with Crippen LogP contribution in [0.15, 0.2) is 4.99 Å². The van der Waals surface area contributed by atoms with Crippen molar-refractivity contribution in [1.82, 2.24) is 15.1 Å². The van der Waals surface area contributed by atoms with Crippen LogP contribution >= 0.6 is 0 Å². The van der Waals surface area contributed by atoms with Crippen molar-refractivity contribution >= 4 is 5.96 Å². The van der Waals surface area contributed by atoms with Gasteiger partial charge in [0.25, 0.3) is 0 Å². The van der Waals surface area contributed by atoms with Gasteiger partial charge in [-0.2, -0.15) is 0 Å². The number of piperidine rings is 1. The van der Waals surface area contributed by atoms with E-state index in [4.69, 9.17) is 0 Å². The molecule has 2 heterocycles. The molecule has 0 aromatic carbocycles. The number of likely N-dealkylation sites (tertiary alicyclic amines) is 2. The molecule has 4 nitrogen and oxygen atoms in total. The van der Waals surface area contributed by atoms with Crippen LogP contribution in [0.3, 0.4) is 0 Å². The van der Waals surface area contributed by atoms with Crippen LogP contribution in [0.1, 0.15) is 52.4 Å². The molecule has 24 heavy (non-hydrogen) atoms. The van der Waals surface area contributed by atoms with Gasteiger partial charge in [0.2, 0.25) is 0 Å². The summed E-state index contributed by atoms with van der Waals surface area (Å²) < 4.78 is 0. The van der Waals surface area contributed by atoms with Crippen LogP contribution in [-0.2, 0) is 0 Å². The predicted octanol–water partition coefficient (Wildman–Crippen LogP) is 3.05. The van der Waals surface area contributed by atoms with Crippen molar-refractivity contribution in [2.75, 3.05) is 46.3 Å². The van der Waals surface area contributed by atoms with E-state index >= 15 is 0 Å². The summed E-state index contributed by atoms with van der Waals surface area (Å²) in [5.74, 6) is 4.56. The molecule has 0 spiro atoms. The Balaban J connectivity index is 1.46. The highest BCUT2D eigenvalue weighted by Crippen LogP contribution is 2.35. The smallest absolute Gasteiger partial charge is 0.193 e. The average molecular weight is 335 g/mol. The highest BCUT2D eigenvalue weighted by Gasteiger charge is 2.35. The molecule has 1 aliphatic carbocycles. The fraction of sp³-hybridized carbons (Fsp3) is 0.950. The zero-order valence-electron chi connectivity index (χ0n) is 16.1. The highest BCUT2D eigenvalue weighted by atomic mass is 15.3. The van der Waals surface area contributed by atoms with Crippen LogP contribution in [0.4, 0.5) is 0 Å². The molecule has 0 amide bonds. The zero-order valence-corrected chi connectivity index (χ0v) is 16.1. The van der Waals surface area contributed by atoms with Crippen molar-refractivity contribution in [1.29, 1.82) is 0 Å². The third-order valence-corrected chi connectivity index (χ3v) is 6.26. The molecule has 0 bridgehead atoms. The van der Waals surface area contributed by atoms with E-state index in [0.717, 1.165) is 36.2 Å². The van der Waals surface area contributed by atoms with Gasteiger partial charge in [-0.3, -0.25) is 4.99 Å². The van der Waals surface area contributed by atoms with Crippen LogP contribution in [0.5, 0.6) is 0 Å². The summed E-state index contributed by atoms with van der Waals surface area (Å²) in [7, 11) is 1.95. The fourth-order valence-corrected chi connectivity index (χ4v) is 5.15. The van der Waals surface area contributed by atoms with Crippen molar-refractivity contribution in [2.24, 2.45) is 28.7 Å². The number of rotatable bonds is 4. The first-order valence-corrected chi connectivity index (χ1v) is 10.3. The van der Waals surface area contributed by atoms with Gasteiger partial charge < -0.3 is 15.1 Å². The van der Waals surface area contributed by atoms with Crippen LogP contribution in [0.2, 0.25) is 0 Å². The monoisotopic (exact) mass is 334 g/mol. The Hall–Kier alpha value is -0.770. The minimum atomic E-state index is 0.775. The van der Waals surface area contributed by atoms with E-state index < -0.39 is 0 Å². The molecule has 0 radical (unpaired) electrons. The first-order valence-electron chi connectivity index (χ1n) is 10.3. The minimum absolute atomic E-state index is 0.775. The molecule has 3 unspecified atom stereocenters. The van der Waals surface area contributed by atoms with Crippen LogP contribution in [0, 0.1) is 23.7 Å². The Morgan fingerprint density at radius 2 is 1.75 bits per heavy atom. The molecule has 4 heteroatoms. The van der Waals surface area contributed by atoms with Gasteiger partial charge in [-0.05, 0) is 55.9 Å². The minimum Gasteiger partial charge on any atom is -0.356 e. The lowest BCUT2D eigenvalue weighted by Gasteiger charge is -2.34. The van der Waals surface area contributed by atoms with Gasteiger partial charge in [0.15, 0.2) is 5.96 Å². The Kier molecular flexibility index (Phi) is 6.43. The number of aliphatic imine (C=N–C) groups is 1. The van der Waals surface area contributed by atoms with Crippen molar-refractivity contribution in [3.05, 3.63) is 0 Å². The second-order valence-electron chi connectivity index (χ2n) is 8.80. The lowest BCUT2D eigenvalue weighted by Crippen LogP contribution is -2.46. The van der Waals surface area contributed by atoms with Crippen LogP contribution < -0.4 is 5.32 Å². The maximum absolute atomic E-state index is 4.60. The lowest BCUT2D eigenvalue weighted by atomic mass is 9.82. The largest absolute Gasteiger partial charge is 0.356 e. The standard InChI is InChI=1S/C20H38N4/c1-16(2)12-23-10-6-7-17(13-23)11-22-20(21-3)24-14-18-8-4-5-9-19(18)15-24/h16-19H,4-15H2,1-3H3,(H,21,22). The molecule has 0 aromatic rings. The Morgan fingerprint density at radius 1 is 1.04 bits per heavy atom. The third kappa shape index (κ3) is 4.65. The highest BCUT2D eigenvalue weighted by molar-refractivity contribution is 5.80. The Morgan fingerprint density at radius 3 is 2.38 bits per heavy atom. The third-order valence-electron chi connectivity index (χ3n) is 6.26. The maximum Gasteiger partial charge on any atom is 0.193 e. The zero-order chi connectivity index (χ0) is 16.9. The molecule has 1 saturated carbocycles. The molecule has 2 aliphatic heterocycles. The quantitative estimate of drug-likeness (QED) is 0.633. The van der Waals surface area contributed by atoms with Gasteiger partial charge in [0, 0.05) is 39.8 Å². The number of nitrogens with zero attached hydrogens (tertiary/aromatic N) is 3. The molecule has 3 fully saturated rings. The summed E-state index contributed by atoms with van der Waals surface area (Å²) in [5, 5.41) is 3.71. The molecule has 2 saturated heterocycles. The normalized spacial score (nSPS) is 32.2. The van der Waals surface area contributed by atoms with E-state index in [1.165, 1.54) is 71.2 Å². The summed E-state index contributed by atoms with van der Waals surface area (Å²) in [5.41, 5.74) is 0. The number of guanidine groups is 1. The van der Waals surface area contributed by atoms with E-state index in [0.29, 0.717) is 0 Å². The Labute approximate surface area is 149 Å². The first-order chi connectivity index (χ1) is 11.7. The van der Waals surface area contributed by atoms with Crippen molar-refractivity contribution in [3.8, 4) is 0 Å². The molecular weight excluding hydrogens is 296 g/mol. The van der Waals surface area contributed by atoms with E-state index in [-0.39, 0.29) is 0 Å². The molecule has 3 aliphatic rings. The molecule has 1 N–H and O–H groups in total. The van der Waals surface area contributed by atoms with Crippen LogP contribution in [0.25, 0.3) is 0 Å². The molecular formula is C20H38N4. The number of nitrogens with one attached hydrogen (secondary N) is 1. The van der Waals surface area contributed by atoms with E-state index in [2.05, 4.69) is 34.0 Å². The van der Waals surface area contributed by atoms with E-state index in [1.54, 1.807) is 0 Å². The van der Waals surface area contributed by atoms with Gasteiger partial charge in [-0.15, -0.1) is 0 Å². The second kappa shape index (κ2) is 8.55. The van der Waals surface area contributed by atoms with Crippen molar-refractivity contribution in [3.63, 3.8) is 0 Å². The lowest BCUT2D eigenvalue weighted by molar-refractivity contribution is 0.159. The summed E-state index contributed by atoms with van der Waals surface area (Å²) in [6.45, 7) is 12.0. The van der Waals surface area contributed by atoms with E-state index in [1.807, 2.05) is 7.05 Å². The van der Waals surface area contributed by atoms with Gasteiger partial charge >= 0.3 is 0 Å². The van der Waals surface area contributed by atoms with E-state index in [9.17, 15) is 0 Å². The fourth-order valence-electron chi connectivity index (χ4n) is 5.15. The second-order valence-corrected chi connectivity index (χ2v) is 8.80. The van der Waals surface area contributed by atoms with Gasteiger partial charge in [0.1, 0.15) is 0 Å². The summed E-state index contributed by atoms with van der Waals surface area (Å²) in [6, 6.07) is 0. The van der Waals surface area contributed by atoms with Crippen molar-refractivity contribution < 1.29 is 0 Å². The van der Waals surface area contributed by atoms with Crippen LogP contribution in [-0.4, -0.2) is 62.1 Å².